The maximum atomic E-state index is 11.1. The first-order chi connectivity index (χ1) is 9.47. The molecule has 0 aliphatic carbocycles. The Bertz CT molecular complexity index is 642. The van der Waals surface area contributed by atoms with Crippen LogP contribution in [0.4, 0.5) is 17.1 Å². The molecule has 0 saturated heterocycles. The van der Waals surface area contributed by atoms with E-state index in [2.05, 4.69) is 31.8 Å². The van der Waals surface area contributed by atoms with Gasteiger partial charge in [-0.05, 0) is 35.7 Å². The monoisotopic (exact) mass is 288 g/mol. The van der Waals surface area contributed by atoms with Gasteiger partial charge in [-0.1, -0.05) is 26.0 Å². The molecule has 0 aromatic heterocycles. The van der Waals surface area contributed by atoms with Crippen molar-refractivity contribution < 1.29 is 4.92 Å². The molecular formula is C15H16N2O2S. The van der Waals surface area contributed by atoms with Crippen LogP contribution in [0.15, 0.2) is 47.4 Å². The summed E-state index contributed by atoms with van der Waals surface area (Å²) in [6, 6.07) is 12.7. The minimum atomic E-state index is -0.408. The minimum Gasteiger partial charge on any atom is -0.350 e. The molecule has 0 radical (unpaired) electrons. The lowest BCUT2D eigenvalue weighted by Gasteiger charge is -2.11. The molecule has 20 heavy (non-hydrogen) atoms. The van der Waals surface area contributed by atoms with Gasteiger partial charge in [-0.3, -0.25) is 10.1 Å². The van der Waals surface area contributed by atoms with E-state index in [1.54, 1.807) is 12.1 Å². The molecule has 0 fully saturated rings. The number of hydrogen-bond donors (Lipinski definition) is 2. The first kappa shape index (κ1) is 14.4. The van der Waals surface area contributed by atoms with E-state index in [-0.39, 0.29) is 5.69 Å². The predicted molar refractivity (Wildman–Crippen MR) is 84.2 cm³/mol. The first-order valence-corrected chi connectivity index (χ1v) is 6.76. The third-order valence-electron chi connectivity index (χ3n) is 3.01. The number of nitro benzene ring substituents is 1. The number of nitro groups is 1. The van der Waals surface area contributed by atoms with Crippen LogP contribution in [0.2, 0.25) is 0 Å². The summed E-state index contributed by atoms with van der Waals surface area (Å²) in [6.45, 7) is 4.22. The van der Waals surface area contributed by atoms with Crippen molar-refractivity contribution in [2.45, 2.75) is 24.7 Å². The molecule has 2 aromatic carbocycles. The smallest absolute Gasteiger partial charge is 0.293 e. The van der Waals surface area contributed by atoms with Gasteiger partial charge in [-0.2, -0.15) is 0 Å². The minimum absolute atomic E-state index is 0.0208. The van der Waals surface area contributed by atoms with Crippen molar-refractivity contribution in [3.05, 3.63) is 58.1 Å². The van der Waals surface area contributed by atoms with Crippen molar-refractivity contribution in [3.8, 4) is 0 Å². The molecule has 0 bridgehead atoms. The number of rotatable bonds is 4. The Kier molecular flexibility index (Phi) is 4.29. The normalized spacial score (nSPS) is 10.6. The van der Waals surface area contributed by atoms with E-state index in [9.17, 15) is 10.1 Å². The third kappa shape index (κ3) is 3.30. The van der Waals surface area contributed by atoms with Crippen LogP contribution in [-0.2, 0) is 0 Å². The van der Waals surface area contributed by atoms with Crippen molar-refractivity contribution in [1.82, 2.24) is 0 Å². The highest BCUT2D eigenvalue weighted by Crippen LogP contribution is 2.30. The second-order valence-electron chi connectivity index (χ2n) is 4.86. The number of benzene rings is 2. The zero-order valence-electron chi connectivity index (χ0n) is 11.3. The van der Waals surface area contributed by atoms with Crippen molar-refractivity contribution in [2.24, 2.45) is 0 Å². The number of thiol groups is 1. The van der Waals surface area contributed by atoms with E-state index >= 15 is 0 Å². The zero-order chi connectivity index (χ0) is 14.7. The zero-order valence-corrected chi connectivity index (χ0v) is 12.2. The van der Waals surface area contributed by atoms with E-state index in [1.165, 1.54) is 11.6 Å². The first-order valence-electron chi connectivity index (χ1n) is 6.32. The van der Waals surface area contributed by atoms with Crippen molar-refractivity contribution >= 4 is 29.7 Å². The second kappa shape index (κ2) is 5.96. The van der Waals surface area contributed by atoms with Crippen LogP contribution < -0.4 is 5.32 Å². The van der Waals surface area contributed by atoms with E-state index in [0.29, 0.717) is 16.5 Å². The fourth-order valence-corrected chi connectivity index (χ4v) is 2.10. The molecule has 0 atom stereocenters. The fraction of sp³-hybridized carbons (Fsp3) is 0.200. The molecule has 1 N–H and O–H groups in total. The summed E-state index contributed by atoms with van der Waals surface area (Å²) in [4.78, 5) is 11.2. The van der Waals surface area contributed by atoms with E-state index in [1.807, 2.05) is 24.3 Å². The molecule has 0 unspecified atom stereocenters. The number of hydrogen-bond acceptors (Lipinski definition) is 4. The average molecular weight is 288 g/mol. The van der Waals surface area contributed by atoms with Crippen LogP contribution in [0.3, 0.4) is 0 Å². The van der Waals surface area contributed by atoms with Gasteiger partial charge in [0, 0.05) is 16.6 Å². The molecule has 2 rings (SSSR count). The van der Waals surface area contributed by atoms with Crippen LogP contribution >= 0.6 is 12.6 Å². The molecule has 104 valence electrons. The van der Waals surface area contributed by atoms with Gasteiger partial charge in [0.1, 0.15) is 5.69 Å². The third-order valence-corrected chi connectivity index (χ3v) is 3.29. The summed E-state index contributed by atoms with van der Waals surface area (Å²) >= 11 is 4.13. The Hall–Kier alpha value is -2.01. The summed E-state index contributed by atoms with van der Waals surface area (Å²) in [5.41, 5.74) is 2.51. The maximum Gasteiger partial charge on any atom is 0.293 e. The Morgan fingerprint density at radius 3 is 2.60 bits per heavy atom. The van der Waals surface area contributed by atoms with Gasteiger partial charge in [-0.15, -0.1) is 12.6 Å². The van der Waals surface area contributed by atoms with E-state index in [4.69, 9.17) is 0 Å². The number of nitrogens with zero attached hydrogens (tertiary/aromatic N) is 1. The lowest BCUT2D eigenvalue weighted by molar-refractivity contribution is -0.384. The summed E-state index contributed by atoms with van der Waals surface area (Å²) in [5.74, 6) is 0.409. The molecule has 0 heterocycles. The molecule has 2 aromatic rings. The highest BCUT2D eigenvalue weighted by Gasteiger charge is 2.14. The molecule has 0 saturated carbocycles. The van der Waals surface area contributed by atoms with Crippen LogP contribution in [0, 0.1) is 10.1 Å². The Balaban J connectivity index is 2.35. The molecule has 0 spiro atoms. The largest absolute Gasteiger partial charge is 0.350 e. The summed E-state index contributed by atoms with van der Waals surface area (Å²) in [6.07, 6.45) is 0. The van der Waals surface area contributed by atoms with Gasteiger partial charge in [0.25, 0.3) is 5.69 Å². The van der Waals surface area contributed by atoms with Crippen LogP contribution in [0.25, 0.3) is 0 Å². The lowest BCUT2D eigenvalue weighted by Crippen LogP contribution is -1.98. The van der Waals surface area contributed by atoms with Gasteiger partial charge in [-0.25, -0.2) is 0 Å². The topological polar surface area (TPSA) is 55.2 Å². The van der Waals surface area contributed by atoms with E-state index in [0.717, 1.165) is 5.69 Å². The fourth-order valence-electron chi connectivity index (χ4n) is 1.91. The average Bonchev–Trinajstić information content (AvgIpc) is 2.41. The second-order valence-corrected chi connectivity index (χ2v) is 5.38. The van der Waals surface area contributed by atoms with Gasteiger partial charge >= 0.3 is 0 Å². The Morgan fingerprint density at radius 1 is 1.20 bits per heavy atom. The SMILES string of the molecule is CC(C)c1cccc(Nc2ccc(S)cc2[N+](=O)[O-])c1. The molecule has 0 aliphatic rings. The Morgan fingerprint density at radius 2 is 1.95 bits per heavy atom. The highest BCUT2D eigenvalue weighted by atomic mass is 32.1. The van der Waals surface area contributed by atoms with Crippen LogP contribution in [0.1, 0.15) is 25.3 Å². The lowest BCUT2D eigenvalue weighted by atomic mass is 10.0. The van der Waals surface area contributed by atoms with Gasteiger partial charge in [0.15, 0.2) is 0 Å². The highest BCUT2D eigenvalue weighted by molar-refractivity contribution is 7.80. The standard InChI is InChI=1S/C15H16N2O2S/c1-10(2)11-4-3-5-12(8-11)16-14-7-6-13(20)9-15(14)17(18)19/h3-10,16,20H,1-2H3. The van der Waals surface area contributed by atoms with Gasteiger partial charge in [0.05, 0.1) is 4.92 Å². The predicted octanol–water partition coefficient (Wildman–Crippen LogP) is 4.75. The molecule has 5 heteroatoms. The molecule has 0 amide bonds. The Labute approximate surface area is 123 Å². The van der Waals surface area contributed by atoms with E-state index < -0.39 is 4.92 Å². The van der Waals surface area contributed by atoms with Crippen molar-refractivity contribution in [2.75, 3.05) is 5.32 Å². The van der Waals surface area contributed by atoms with Crippen LogP contribution in [-0.4, -0.2) is 4.92 Å². The molecular weight excluding hydrogens is 272 g/mol. The molecule has 0 aliphatic heterocycles. The van der Waals surface area contributed by atoms with Crippen LogP contribution in [0.5, 0.6) is 0 Å². The maximum absolute atomic E-state index is 11.1. The van der Waals surface area contributed by atoms with Gasteiger partial charge in [0.2, 0.25) is 0 Å². The number of nitrogens with one attached hydrogen (secondary N) is 1. The summed E-state index contributed by atoms with van der Waals surface area (Å²) < 4.78 is 0. The summed E-state index contributed by atoms with van der Waals surface area (Å²) in [7, 11) is 0. The van der Waals surface area contributed by atoms with Crippen molar-refractivity contribution in [3.63, 3.8) is 0 Å². The summed E-state index contributed by atoms with van der Waals surface area (Å²) in [5, 5.41) is 14.2. The van der Waals surface area contributed by atoms with Crippen molar-refractivity contribution in [1.29, 1.82) is 0 Å². The molecule has 4 nitrogen and oxygen atoms in total. The number of anilines is 2. The van der Waals surface area contributed by atoms with Gasteiger partial charge < -0.3 is 5.32 Å². The quantitative estimate of drug-likeness (QED) is 0.485.